The number of carbonyl (C=O) groups is 3. The number of carboxylic acid groups (broad SMARTS) is 2. The van der Waals surface area contributed by atoms with Crippen LogP contribution in [0.15, 0.2) is 53.0 Å². The number of fused-ring (bicyclic) bond motifs is 1. The van der Waals surface area contributed by atoms with Crippen LogP contribution in [-0.4, -0.2) is 33.6 Å². The summed E-state index contributed by atoms with van der Waals surface area (Å²) in [5.41, 5.74) is -1.37. The Kier molecular flexibility index (Phi) is 3.88. The molecule has 1 heterocycles. The van der Waals surface area contributed by atoms with E-state index in [4.69, 9.17) is 0 Å². The molecule has 0 aliphatic carbocycles. The van der Waals surface area contributed by atoms with Gasteiger partial charge in [0.15, 0.2) is 0 Å². The molecular weight excluding hydrogens is 378 g/mol. The quantitative estimate of drug-likeness (QED) is 0.786. The second kappa shape index (κ2) is 5.76. The molecule has 122 valence electrons. The predicted molar refractivity (Wildman–Crippen MR) is 89.1 cm³/mol. The maximum absolute atomic E-state index is 12.9. The Morgan fingerprint density at radius 1 is 1.00 bits per heavy atom. The Balaban J connectivity index is 2.23. The van der Waals surface area contributed by atoms with Crippen molar-refractivity contribution >= 4 is 39.5 Å². The fourth-order valence-corrected chi connectivity index (χ4v) is 3.31. The standard InChI is InChI=1S/C17H12BrNO5/c18-12-6-7-13-11(8-12)9-17(15(21)22,16(23)24)19(13)14(20)10-4-2-1-3-5-10/h1-8H,9H2,(H,21,22)(H,23,24). The topological polar surface area (TPSA) is 94.9 Å². The van der Waals surface area contributed by atoms with Gasteiger partial charge in [0, 0.05) is 22.1 Å². The number of nitrogens with zero attached hydrogens (tertiary/aromatic N) is 1. The molecule has 0 atom stereocenters. The average Bonchev–Trinajstić information content (AvgIpc) is 2.90. The van der Waals surface area contributed by atoms with Gasteiger partial charge in [-0.05, 0) is 35.9 Å². The van der Waals surface area contributed by atoms with E-state index >= 15 is 0 Å². The molecule has 0 bridgehead atoms. The molecule has 0 spiro atoms. The number of benzene rings is 2. The molecule has 3 rings (SSSR count). The molecule has 2 aromatic carbocycles. The van der Waals surface area contributed by atoms with Crippen molar-refractivity contribution in [2.24, 2.45) is 0 Å². The Labute approximate surface area is 145 Å². The Morgan fingerprint density at radius 3 is 2.21 bits per heavy atom. The van der Waals surface area contributed by atoms with Crippen LogP contribution in [0.1, 0.15) is 15.9 Å². The van der Waals surface area contributed by atoms with E-state index in [0.717, 1.165) is 4.90 Å². The summed E-state index contributed by atoms with van der Waals surface area (Å²) < 4.78 is 0.680. The molecular formula is C17H12BrNO5. The van der Waals surface area contributed by atoms with Gasteiger partial charge in [0.25, 0.3) is 5.91 Å². The highest BCUT2D eigenvalue weighted by Crippen LogP contribution is 2.41. The molecule has 7 heteroatoms. The van der Waals surface area contributed by atoms with Gasteiger partial charge in [-0.1, -0.05) is 34.1 Å². The van der Waals surface area contributed by atoms with E-state index in [1.165, 1.54) is 12.1 Å². The lowest BCUT2D eigenvalue weighted by Gasteiger charge is -2.31. The van der Waals surface area contributed by atoms with Crippen molar-refractivity contribution < 1.29 is 24.6 Å². The van der Waals surface area contributed by atoms with Gasteiger partial charge in [0.2, 0.25) is 5.54 Å². The summed E-state index contributed by atoms with van der Waals surface area (Å²) in [7, 11) is 0. The van der Waals surface area contributed by atoms with Crippen LogP contribution in [0, 0.1) is 0 Å². The van der Waals surface area contributed by atoms with Gasteiger partial charge < -0.3 is 10.2 Å². The van der Waals surface area contributed by atoms with Gasteiger partial charge in [-0.3, -0.25) is 9.69 Å². The molecule has 1 aliphatic rings. The molecule has 1 amide bonds. The van der Waals surface area contributed by atoms with Gasteiger partial charge in [-0.25, -0.2) is 9.59 Å². The first-order chi connectivity index (χ1) is 11.4. The van der Waals surface area contributed by atoms with Crippen LogP contribution in [0.5, 0.6) is 0 Å². The number of hydrogen-bond acceptors (Lipinski definition) is 3. The monoisotopic (exact) mass is 389 g/mol. The second-order valence-corrected chi connectivity index (χ2v) is 6.34. The molecule has 6 nitrogen and oxygen atoms in total. The first kappa shape index (κ1) is 16.2. The molecule has 2 aromatic rings. The highest BCUT2D eigenvalue weighted by Gasteiger charge is 2.59. The third-order valence-electron chi connectivity index (χ3n) is 4.04. The van der Waals surface area contributed by atoms with E-state index in [2.05, 4.69) is 15.9 Å². The molecule has 2 N–H and O–H groups in total. The summed E-state index contributed by atoms with van der Waals surface area (Å²) in [6.07, 6.45) is -0.301. The van der Waals surface area contributed by atoms with Gasteiger partial charge >= 0.3 is 11.9 Å². The molecule has 0 aromatic heterocycles. The summed E-state index contributed by atoms with van der Waals surface area (Å²) in [4.78, 5) is 37.5. The highest BCUT2D eigenvalue weighted by atomic mass is 79.9. The summed E-state index contributed by atoms with van der Waals surface area (Å²) >= 11 is 3.28. The van der Waals surface area contributed by atoms with Crippen molar-refractivity contribution in [2.75, 3.05) is 4.90 Å². The van der Waals surface area contributed by atoms with Crippen molar-refractivity contribution in [1.29, 1.82) is 0 Å². The number of carbonyl (C=O) groups excluding carboxylic acids is 1. The number of rotatable bonds is 3. The fraction of sp³-hybridized carbons (Fsp3) is 0.118. The molecule has 0 radical (unpaired) electrons. The molecule has 0 unspecified atom stereocenters. The van der Waals surface area contributed by atoms with E-state index in [1.807, 2.05) is 0 Å². The lowest BCUT2D eigenvalue weighted by atomic mass is 9.93. The number of halogens is 1. The van der Waals surface area contributed by atoms with Gasteiger partial charge in [-0.15, -0.1) is 0 Å². The highest BCUT2D eigenvalue weighted by molar-refractivity contribution is 9.10. The van der Waals surface area contributed by atoms with Gasteiger partial charge in [0.1, 0.15) is 0 Å². The van der Waals surface area contributed by atoms with E-state index in [9.17, 15) is 24.6 Å². The maximum atomic E-state index is 12.9. The van der Waals surface area contributed by atoms with Crippen LogP contribution in [0.2, 0.25) is 0 Å². The van der Waals surface area contributed by atoms with E-state index < -0.39 is 23.4 Å². The van der Waals surface area contributed by atoms with Crippen LogP contribution in [-0.2, 0) is 16.0 Å². The molecule has 0 fully saturated rings. The SMILES string of the molecule is O=C(c1ccccc1)N1c2ccc(Br)cc2CC1(C(=O)O)C(=O)O. The first-order valence-corrected chi connectivity index (χ1v) is 7.82. The predicted octanol–water partition coefficient (Wildman–Crippen LogP) is 2.56. The largest absolute Gasteiger partial charge is 0.479 e. The normalized spacial score (nSPS) is 15.0. The Bertz CT molecular complexity index is 835. The van der Waals surface area contributed by atoms with Gasteiger partial charge in [0.05, 0.1) is 0 Å². The van der Waals surface area contributed by atoms with Crippen LogP contribution >= 0.6 is 15.9 Å². The molecule has 1 aliphatic heterocycles. The summed E-state index contributed by atoms with van der Waals surface area (Å²) in [6, 6.07) is 12.9. The van der Waals surface area contributed by atoms with Crippen molar-refractivity contribution in [1.82, 2.24) is 0 Å². The summed E-state index contributed by atoms with van der Waals surface area (Å²) in [6.45, 7) is 0. The Morgan fingerprint density at radius 2 is 1.62 bits per heavy atom. The van der Waals surface area contributed by atoms with Crippen molar-refractivity contribution in [3.8, 4) is 0 Å². The van der Waals surface area contributed by atoms with Gasteiger partial charge in [-0.2, -0.15) is 0 Å². The molecule has 0 saturated carbocycles. The van der Waals surface area contributed by atoms with Crippen LogP contribution < -0.4 is 4.90 Å². The lowest BCUT2D eigenvalue weighted by molar-refractivity contribution is -0.156. The smallest absolute Gasteiger partial charge is 0.342 e. The third-order valence-corrected chi connectivity index (χ3v) is 4.54. The van der Waals surface area contributed by atoms with Crippen LogP contribution in [0.25, 0.3) is 0 Å². The van der Waals surface area contributed by atoms with Crippen molar-refractivity contribution in [3.63, 3.8) is 0 Å². The number of aliphatic carboxylic acids is 2. The summed E-state index contributed by atoms with van der Waals surface area (Å²) in [5, 5.41) is 19.3. The number of carboxylic acids is 2. The first-order valence-electron chi connectivity index (χ1n) is 7.03. The van der Waals surface area contributed by atoms with E-state index in [1.54, 1.807) is 36.4 Å². The van der Waals surface area contributed by atoms with Crippen molar-refractivity contribution in [2.45, 2.75) is 12.0 Å². The number of hydrogen-bond donors (Lipinski definition) is 2. The zero-order valence-electron chi connectivity index (χ0n) is 12.3. The lowest BCUT2D eigenvalue weighted by Crippen LogP contribution is -2.61. The minimum atomic E-state index is -2.37. The number of anilines is 1. The fourth-order valence-electron chi connectivity index (χ4n) is 2.90. The average molecular weight is 390 g/mol. The van der Waals surface area contributed by atoms with Crippen LogP contribution in [0.4, 0.5) is 5.69 Å². The summed E-state index contributed by atoms with van der Waals surface area (Å²) in [5.74, 6) is -3.82. The van der Waals surface area contributed by atoms with E-state index in [0.29, 0.717) is 10.0 Å². The second-order valence-electron chi connectivity index (χ2n) is 5.43. The molecule has 0 saturated heterocycles. The number of amides is 1. The Hall–Kier alpha value is -2.67. The zero-order chi connectivity index (χ0) is 17.5. The minimum absolute atomic E-state index is 0.222. The zero-order valence-corrected chi connectivity index (χ0v) is 13.9. The van der Waals surface area contributed by atoms with Crippen molar-refractivity contribution in [3.05, 3.63) is 64.1 Å². The third kappa shape index (κ3) is 2.28. The minimum Gasteiger partial charge on any atom is -0.479 e. The maximum Gasteiger partial charge on any atom is 0.342 e. The van der Waals surface area contributed by atoms with E-state index in [-0.39, 0.29) is 17.7 Å². The van der Waals surface area contributed by atoms with Crippen LogP contribution in [0.3, 0.4) is 0 Å². The molecule has 24 heavy (non-hydrogen) atoms.